The average Bonchev–Trinajstić information content (AvgIpc) is 2.28. The third-order valence-electron chi connectivity index (χ3n) is 3.60. The molecule has 0 saturated heterocycles. The third-order valence-corrected chi connectivity index (χ3v) is 5.24. The molecule has 3 atom stereocenters. The molecule has 1 rings (SSSR count). The zero-order valence-corrected chi connectivity index (χ0v) is 11.7. The summed E-state index contributed by atoms with van der Waals surface area (Å²) in [5, 5.41) is 13.0. The molecule has 0 aliphatic heterocycles. The summed E-state index contributed by atoms with van der Waals surface area (Å²) in [5.41, 5.74) is 0. The van der Waals surface area contributed by atoms with E-state index in [1.54, 1.807) is 0 Å². The first kappa shape index (κ1) is 14.9. The van der Waals surface area contributed by atoms with Crippen molar-refractivity contribution >= 4 is 9.84 Å². The predicted octanol–water partition coefficient (Wildman–Crippen LogP) is 0.950. The van der Waals surface area contributed by atoms with Crippen LogP contribution in [-0.4, -0.2) is 44.2 Å². The van der Waals surface area contributed by atoms with Gasteiger partial charge in [-0.25, -0.2) is 8.42 Å². The fourth-order valence-corrected chi connectivity index (χ4v) is 3.70. The van der Waals surface area contributed by atoms with E-state index in [9.17, 15) is 13.5 Å². The van der Waals surface area contributed by atoms with Crippen molar-refractivity contribution in [3.8, 4) is 0 Å². The highest BCUT2D eigenvalue weighted by Gasteiger charge is 2.32. The molecular formula is C12H25NO3S. The van der Waals surface area contributed by atoms with E-state index in [-0.39, 0.29) is 11.2 Å². The van der Waals surface area contributed by atoms with E-state index >= 15 is 0 Å². The van der Waals surface area contributed by atoms with Crippen LogP contribution in [0.4, 0.5) is 0 Å². The maximum Gasteiger partial charge on any atom is 0.150 e. The van der Waals surface area contributed by atoms with E-state index in [0.29, 0.717) is 13.0 Å². The minimum atomic E-state index is -2.95. The maximum atomic E-state index is 11.5. The number of nitrogens with one attached hydrogen (secondary N) is 1. The van der Waals surface area contributed by atoms with Crippen LogP contribution in [0, 0.1) is 5.92 Å². The molecule has 0 spiro atoms. The van der Waals surface area contributed by atoms with Crippen molar-refractivity contribution in [1.29, 1.82) is 0 Å². The van der Waals surface area contributed by atoms with E-state index in [4.69, 9.17) is 0 Å². The lowest BCUT2D eigenvalue weighted by Crippen LogP contribution is -2.38. The predicted molar refractivity (Wildman–Crippen MR) is 69.8 cm³/mol. The highest BCUT2D eigenvalue weighted by molar-refractivity contribution is 7.91. The molecule has 0 aromatic rings. The van der Waals surface area contributed by atoms with Gasteiger partial charge in [-0.05, 0) is 38.1 Å². The molecule has 2 N–H and O–H groups in total. The number of hydrogen-bond acceptors (Lipinski definition) is 4. The summed E-state index contributed by atoms with van der Waals surface area (Å²) in [6, 6.07) is 0. The smallest absolute Gasteiger partial charge is 0.150 e. The van der Waals surface area contributed by atoms with Gasteiger partial charge in [-0.3, -0.25) is 0 Å². The van der Waals surface area contributed by atoms with Crippen LogP contribution in [-0.2, 0) is 9.84 Å². The molecule has 0 aromatic carbocycles. The molecule has 0 aromatic heterocycles. The van der Waals surface area contributed by atoms with Crippen molar-refractivity contribution in [2.75, 3.05) is 19.3 Å². The molecular weight excluding hydrogens is 238 g/mol. The van der Waals surface area contributed by atoms with Crippen LogP contribution in [0.3, 0.4) is 0 Å². The molecule has 1 saturated carbocycles. The van der Waals surface area contributed by atoms with Gasteiger partial charge in [-0.1, -0.05) is 13.3 Å². The van der Waals surface area contributed by atoms with Gasteiger partial charge in [-0.15, -0.1) is 0 Å². The summed E-state index contributed by atoms with van der Waals surface area (Å²) < 4.78 is 23.0. The van der Waals surface area contributed by atoms with E-state index < -0.39 is 15.9 Å². The minimum Gasteiger partial charge on any atom is -0.392 e. The van der Waals surface area contributed by atoms with Gasteiger partial charge < -0.3 is 10.4 Å². The largest absolute Gasteiger partial charge is 0.392 e. The molecule has 102 valence electrons. The number of aliphatic hydroxyl groups is 1. The first-order valence-corrected chi connectivity index (χ1v) is 8.48. The average molecular weight is 263 g/mol. The van der Waals surface area contributed by atoms with E-state index in [1.165, 1.54) is 6.26 Å². The van der Waals surface area contributed by atoms with Gasteiger partial charge in [0.25, 0.3) is 0 Å². The monoisotopic (exact) mass is 263 g/mol. The first-order valence-electron chi connectivity index (χ1n) is 6.52. The number of sulfone groups is 1. The molecule has 1 aliphatic rings. The standard InChI is InChI=1S/C12H25NO3S/c1-3-7-13-9-12(14)10-5-4-6-11(8-10)17(2,15)16/h10-14H,3-9H2,1-2H3. The number of hydrogen-bond donors (Lipinski definition) is 2. The topological polar surface area (TPSA) is 66.4 Å². The second-order valence-corrected chi connectivity index (χ2v) is 7.48. The van der Waals surface area contributed by atoms with Crippen LogP contribution in [0.25, 0.3) is 0 Å². The van der Waals surface area contributed by atoms with E-state index in [1.807, 2.05) is 0 Å². The van der Waals surface area contributed by atoms with Crippen LogP contribution in [0.15, 0.2) is 0 Å². The Bertz CT molecular complexity index is 316. The molecule has 1 fully saturated rings. The maximum absolute atomic E-state index is 11.5. The van der Waals surface area contributed by atoms with Gasteiger partial charge in [-0.2, -0.15) is 0 Å². The van der Waals surface area contributed by atoms with Crippen molar-refractivity contribution in [3.63, 3.8) is 0 Å². The second kappa shape index (κ2) is 6.71. The van der Waals surface area contributed by atoms with Gasteiger partial charge in [0.05, 0.1) is 11.4 Å². The Hall–Kier alpha value is -0.130. The SMILES string of the molecule is CCCNCC(O)C1CCCC(S(C)(=O)=O)C1. The van der Waals surface area contributed by atoms with Gasteiger partial charge >= 0.3 is 0 Å². The summed E-state index contributed by atoms with van der Waals surface area (Å²) in [4.78, 5) is 0. The fraction of sp³-hybridized carbons (Fsp3) is 1.00. The van der Waals surface area contributed by atoms with Crippen LogP contribution in [0.5, 0.6) is 0 Å². The van der Waals surface area contributed by atoms with Crippen molar-refractivity contribution in [2.24, 2.45) is 5.92 Å². The molecule has 0 amide bonds. The number of aliphatic hydroxyl groups excluding tert-OH is 1. The van der Waals surface area contributed by atoms with Gasteiger partial charge in [0.1, 0.15) is 9.84 Å². The molecule has 4 nitrogen and oxygen atoms in total. The fourth-order valence-electron chi connectivity index (χ4n) is 2.51. The van der Waals surface area contributed by atoms with Crippen LogP contribution in [0.2, 0.25) is 0 Å². The lowest BCUT2D eigenvalue weighted by atomic mass is 9.85. The van der Waals surface area contributed by atoms with Gasteiger partial charge in [0, 0.05) is 12.8 Å². The Kier molecular flexibility index (Phi) is 5.89. The Morgan fingerprint density at radius 3 is 2.71 bits per heavy atom. The summed E-state index contributed by atoms with van der Waals surface area (Å²) in [6.45, 7) is 3.56. The van der Waals surface area contributed by atoms with Gasteiger partial charge in [0.2, 0.25) is 0 Å². The lowest BCUT2D eigenvalue weighted by Gasteiger charge is -2.31. The van der Waals surface area contributed by atoms with Crippen LogP contribution in [0.1, 0.15) is 39.0 Å². The Balaban J connectivity index is 2.43. The van der Waals surface area contributed by atoms with E-state index in [2.05, 4.69) is 12.2 Å². The second-order valence-electron chi connectivity index (χ2n) is 5.15. The van der Waals surface area contributed by atoms with E-state index in [0.717, 1.165) is 32.2 Å². The Morgan fingerprint density at radius 2 is 2.12 bits per heavy atom. The highest BCUT2D eigenvalue weighted by atomic mass is 32.2. The minimum absolute atomic E-state index is 0.132. The quantitative estimate of drug-likeness (QED) is 0.700. The molecule has 0 radical (unpaired) electrons. The third kappa shape index (κ3) is 4.94. The summed E-state index contributed by atoms with van der Waals surface area (Å²) in [6.07, 6.45) is 5.17. The summed E-state index contributed by atoms with van der Waals surface area (Å²) >= 11 is 0. The zero-order valence-electron chi connectivity index (χ0n) is 10.9. The van der Waals surface area contributed by atoms with Crippen LogP contribution >= 0.6 is 0 Å². The molecule has 0 bridgehead atoms. The Morgan fingerprint density at radius 1 is 1.41 bits per heavy atom. The molecule has 1 aliphatic carbocycles. The summed E-state index contributed by atoms with van der Waals surface area (Å²) in [5.74, 6) is 0.132. The zero-order chi connectivity index (χ0) is 12.9. The van der Waals surface area contributed by atoms with Crippen LogP contribution < -0.4 is 5.32 Å². The normalized spacial score (nSPS) is 27.9. The highest BCUT2D eigenvalue weighted by Crippen LogP contribution is 2.30. The lowest BCUT2D eigenvalue weighted by molar-refractivity contribution is 0.0851. The van der Waals surface area contributed by atoms with Crippen molar-refractivity contribution in [1.82, 2.24) is 5.32 Å². The molecule has 3 unspecified atom stereocenters. The number of rotatable bonds is 6. The van der Waals surface area contributed by atoms with Crippen molar-refractivity contribution < 1.29 is 13.5 Å². The Labute approximate surface area is 105 Å². The first-order chi connectivity index (χ1) is 7.95. The van der Waals surface area contributed by atoms with Gasteiger partial charge in [0.15, 0.2) is 0 Å². The molecule has 5 heteroatoms. The molecule has 17 heavy (non-hydrogen) atoms. The van der Waals surface area contributed by atoms with Crippen molar-refractivity contribution in [2.45, 2.75) is 50.4 Å². The summed E-state index contributed by atoms with van der Waals surface area (Å²) in [7, 11) is -2.95. The molecule has 0 heterocycles. The van der Waals surface area contributed by atoms with Crippen molar-refractivity contribution in [3.05, 3.63) is 0 Å².